The molecule has 1 aliphatic heterocycles. The second kappa shape index (κ2) is 5.97. The van der Waals surface area contributed by atoms with Crippen LogP contribution in [0.4, 0.5) is 22.0 Å². The first-order valence-electron chi connectivity index (χ1n) is 6.33. The Hall–Kier alpha value is -1.70. The number of hydrogen-bond donors (Lipinski definition) is 2. The monoisotopic (exact) mass is 308 g/mol. The summed E-state index contributed by atoms with van der Waals surface area (Å²) in [5.41, 5.74) is 0.0426. The van der Waals surface area contributed by atoms with Crippen LogP contribution in [0.15, 0.2) is 18.2 Å². The number of halogens is 5. The quantitative estimate of drug-likeness (QED) is 0.824. The Morgan fingerprint density at radius 1 is 1.29 bits per heavy atom. The van der Waals surface area contributed by atoms with Gasteiger partial charge in [-0.25, -0.2) is 8.78 Å². The first-order valence-corrected chi connectivity index (χ1v) is 6.33. The zero-order valence-corrected chi connectivity index (χ0v) is 10.8. The first-order chi connectivity index (χ1) is 9.77. The molecule has 0 aliphatic carbocycles. The fourth-order valence-corrected chi connectivity index (χ4v) is 2.33. The standard InChI is InChI=1S/C13H13F5N2O/c14-7-1-2-10(15)9(5-7)11-6-8(3-4-19-11)20-12(21)13(16,17)18/h1-2,5,8,11,19H,3-4,6H2,(H,20,21). The normalized spacial score (nSPS) is 22.9. The van der Waals surface area contributed by atoms with E-state index in [1.165, 1.54) is 0 Å². The Kier molecular flexibility index (Phi) is 4.46. The van der Waals surface area contributed by atoms with Crippen LogP contribution in [0.1, 0.15) is 24.4 Å². The molecule has 1 aliphatic rings. The van der Waals surface area contributed by atoms with Crippen molar-refractivity contribution in [1.82, 2.24) is 10.6 Å². The number of rotatable bonds is 2. The van der Waals surface area contributed by atoms with Crippen LogP contribution in [-0.4, -0.2) is 24.7 Å². The first kappa shape index (κ1) is 15.7. The van der Waals surface area contributed by atoms with E-state index in [1.807, 2.05) is 5.32 Å². The minimum Gasteiger partial charge on any atom is -0.345 e. The Balaban J connectivity index is 2.07. The minimum atomic E-state index is -4.95. The number of alkyl halides is 3. The second-order valence-electron chi connectivity index (χ2n) is 4.87. The molecule has 1 saturated heterocycles. The summed E-state index contributed by atoms with van der Waals surface area (Å²) in [6.45, 7) is 0.295. The van der Waals surface area contributed by atoms with Crippen molar-refractivity contribution in [2.24, 2.45) is 0 Å². The van der Waals surface area contributed by atoms with Crippen LogP contribution in [0.2, 0.25) is 0 Å². The number of hydrogen-bond acceptors (Lipinski definition) is 2. The van der Waals surface area contributed by atoms with Gasteiger partial charge in [0.1, 0.15) is 11.6 Å². The van der Waals surface area contributed by atoms with Crippen LogP contribution in [0.5, 0.6) is 0 Å². The van der Waals surface area contributed by atoms with Crippen molar-refractivity contribution < 1.29 is 26.7 Å². The third-order valence-electron chi connectivity index (χ3n) is 3.33. The summed E-state index contributed by atoms with van der Waals surface area (Å²) in [7, 11) is 0. The van der Waals surface area contributed by atoms with Crippen LogP contribution in [-0.2, 0) is 4.79 Å². The van der Waals surface area contributed by atoms with Crippen LogP contribution >= 0.6 is 0 Å². The molecule has 2 N–H and O–H groups in total. The molecule has 21 heavy (non-hydrogen) atoms. The van der Waals surface area contributed by atoms with Gasteiger partial charge >= 0.3 is 12.1 Å². The van der Waals surface area contributed by atoms with Crippen molar-refractivity contribution in [3.8, 4) is 0 Å². The van der Waals surface area contributed by atoms with Crippen LogP contribution in [0.3, 0.4) is 0 Å². The molecule has 1 aromatic carbocycles. The summed E-state index contributed by atoms with van der Waals surface area (Å²) in [5, 5.41) is 4.78. The predicted octanol–water partition coefficient (Wildman–Crippen LogP) is 2.44. The average Bonchev–Trinajstić information content (AvgIpc) is 2.41. The molecule has 0 bridgehead atoms. The van der Waals surface area contributed by atoms with E-state index < -0.39 is 35.8 Å². The van der Waals surface area contributed by atoms with E-state index >= 15 is 0 Å². The maximum Gasteiger partial charge on any atom is 0.471 e. The van der Waals surface area contributed by atoms with Crippen molar-refractivity contribution in [3.63, 3.8) is 0 Å². The van der Waals surface area contributed by atoms with E-state index in [-0.39, 0.29) is 18.4 Å². The third-order valence-corrected chi connectivity index (χ3v) is 3.33. The van der Waals surface area contributed by atoms with E-state index in [9.17, 15) is 26.7 Å². The van der Waals surface area contributed by atoms with Crippen molar-refractivity contribution in [2.75, 3.05) is 6.54 Å². The fourth-order valence-electron chi connectivity index (χ4n) is 2.33. The third kappa shape index (κ3) is 3.90. The summed E-state index contributed by atoms with van der Waals surface area (Å²) in [5.74, 6) is -3.29. The van der Waals surface area contributed by atoms with Gasteiger partial charge in [-0.2, -0.15) is 13.2 Å². The van der Waals surface area contributed by atoms with Crippen molar-refractivity contribution in [3.05, 3.63) is 35.4 Å². The molecule has 8 heteroatoms. The molecular weight excluding hydrogens is 295 g/mol. The highest BCUT2D eigenvalue weighted by molar-refractivity contribution is 5.81. The highest BCUT2D eigenvalue weighted by Gasteiger charge is 2.40. The van der Waals surface area contributed by atoms with Crippen molar-refractivity contribution in [1.29, 1.82) is 0 Å². The molecule has 2 atom stereocenters. The number of amides is 1. The summed E-state index contributed by atoms with van der Waals surface area (Å²) in [4.78, 5) is 10.9. The lowest BCUT2D eigenvalue weighted by molar-refractivity contribution is -0.174. The minimum absolute atomic E-state index is 0.0426. The summed E-state index contributed by atoms with van der Waals surface area (Å²) < 4.78 is 63.4. The number of carbonyl (C=O) groups is 1. The van der Waals surface area contributed by atoms with Gasteiger partial charge in [0.2, 0.25) is 0 Å². The van der Waals surface area contributed by atoms with Crippen LogP contribution in [0, 0.1) is 11.6 Å². The zero-order chi connectivity index (χ0) is 15.6. The lowest BCUT2D eigenvalue weighted by atomic mass is 9.93. The van der Waals surface area contributed by atoms with Gasteiger partial charge in [-0.05, 0) is 37.6 Å². The van der Waals surface area contributed by atoms with Crippen LogP contribution < -0.4 is 10.6 Å². The number of benzene rings is 1. The van der Waals surface area contributed by atoms with Gasteiger partial charge in [0, 0.05) is 17.6 Å². The van der Waals surface area contributed by atoms with E-state index in [0.717, 1.165) is 18.2 Å². The predicted molar refractivity (Wildman–Crippen MR) is 64.3 cm³/mol. The molecular formula is C13H13F5N2O. The Bertz CT molecular complexity index is 532. The SMILES string of the molecule is O=C(NC1CCNC(c2cc(F)ccc2F)C1)C(F)(F)F. The fraction of sp³-hybridized carbons (Fsp3) is 0.462. The summed E-state index contributed by atoms with van der Waals surface area (Å²) in [6, 6.07) is 1.54. The zero-order valence-electron chi connectivity index (χ0n) is 10.8. The Labute approximate surface area is 117 Å². The highest BCUT2D eigenvalue weighted by atomic mass is 19.4. The molecule has 116 valence electrons. The summed E-state index contributed by atoms with van der Waals surface area (Å²) >= 11 is 0. The topological polar surface area (TPSA) is 41.1 Å². The van der Waals surface area contributed by atoms with E-state index in [0.29, 0.717) is 6.54 Å². The molecule has 1 aromatic rings. The van der Waals surface area contributed by atoms with Gasteiger partial charge in [-0.15, -0.1) is 0 Å². The smallest absolute Gasteiger partial charge is 0.345 e. The lowest BCUT2D eigenvalue weighted by Crippen LogP contribution is -2.48. The molecule has 2 rings (SSSR count). The van der Waals surface area contributed by atoms with Gasteiger partial charge in [0.25, 0.3) is 0 Å². The Morgan fingerprint density at radius 2 is 2.00 bits per heavy atom. The lowest BCUT2D eigenvalue weighted by Gasteiger charge is -2.31. The molecule has 1 amide bonds. The second-order valence-corrected chi connectivity index (χ2v) is 4.87. The summed E-state index contributed by atoms with van der Waals surface area (Å²) in [6.07, 6.45) is -4.61. The average molecular weight is 308 g/mol. The molecule has 3 nitrogen and oxygen atoms in total. The van der Waals surface area contributed by atoms with E-state index in [2.05, 4.69) is 5.32 Å². The van der Waals surface area contributed by atoms with Gasteiger partial charge in [0.15, 0.2) is 0 Å². The molecule has 0 radical (unpaired) electrons. The van der Waals surface area contributed by atoms with Gasteiger partial charge < -0.3 is 10.6 Å². The number of carbonyl (C=O) groups excluding carboxylic acids is 1. The largest absolute Gasteiger partial charge is 0.471 e. The van der Waals surface area contributed by atoms with E-state index in [1.54, 1.807) is 0 Å². The van der Waals surface area contributed by atoms with Crippen molar-refractivity contribution >= 4 is 5.91 Å². The molecule has 1 heterocycles. The molecule has 2 unspecified atom stereocenters. The number of piperidine rings is 1. The Morgan fingerprint density at radius 3 is 2.67 bits per heavy atom. The van der Waals surface area contributed by atoms with E-state index in [4.69, 9.17) is 0 Å². The van der Waals surface area contributed by atoms with Crippen LogP contribution in [0.25, 0.3) is 0 Å². The molecule has 0 spiro atoms. The molecule has 0 saturated carbocycles. The van der Waals surface area contributed by atoms with Gasteiger partial charge in [0.05, 0.1) is 0 Å². The number of nitrogens with one attached hydrogen (secondary N) is 2. The van der Waals surface area contributed by atoms with Crippen molar-refractivity contribution in [2.45, 2.75) is 31.1 Å². The molecule has 0 aromatic heterocycles. The molecule has 1 fully saturated rings. The maximum absolute atomic E-state index is 13.7. The highest BCUT2D eigenvalue weighted by Crippen LogP contribution is 2.27. The maximum atomic E-state index is 13.7. The van der Waals surface area contributed by atoms with Gasteiger partial charge in [-0.1, -0.05) is 0 Å². The van der Waals surface area contributed by atoms with Gasteiger partial charge in [-0.3, -0.25) is 4.79 Å².